The van der Waals surface area contributed by atoms with E-state index in [4.69, 9.17) is 4.52 Å². The molecule has 0 radical (unpaired) electrons. The van der Waals surface area contributed by atoms with Crippen LogP contribution in [0.3, 0.4) is 0 Å². The summed E-state index contributed by atoms with van der Waals surface area (Å²) in [6, 6.07) is 16.9. The number of rotatable bonds is 4. The lowest BCUT2D eigenvalue weighted by molar-refractivity contribution is 0.169. The van der Waals surface area contributed by atoms with Crippen molar-refractivity contribution >= 4 is 40.7 Å². The normalized spacial score (nSPS) is 15.5. The summed E-state index contributed by atoms with van der Waals surface area (Å²) in [6.07, 6.45) is 1.63. The summed E-state index contributed by atoms with van der Waals surface area (Å²) in [4.78, 5) is 9.21. The van der Waals surface area contributed by atoms with E-state index >= 15 is 0 Å². The Morgan fingerprint density at radius 1 is 1.07 bits per heavy atom. The first-order valence-electron chi connectivity index (χ1n) is 9.37. The van der Waals surface area contributed by atoms with Gasteiger partial charge in [0.25, 0.3) is 0 Å². The van der Waals surface area contributed by atoms with Crippen LogP contribution in [-0.2, 0) is 13.1 Å². The van der Waals surface area contributed by atoms with E-state index in [0.29, 0.717) is 0 Å². The summed E-state index contributed by atoms with van der Waals surface area (Å²) in [5, 5.41) is 10.1. The number of aromatic nitrogens is 1. The lowest BCUT2D eigenvalue weighted by atomic mass is 10.0. The van der Waals surface area contributed by atoms with Gasteiger partial charge < -0.3 is 14.7 Å². The summed E-state index contributed by atoms with van der Waals surface area (Å²) >= 11 is 0. The Bertz CT molecular complexity index is 899. The van der Waals surface area contributed by atoms with E-state index in [0.717, 1.165) is 50.9 Å². The molecular weight excluding hydrogens is 465 g/mol. The average molecular weight is 491 g/mol. The molecule has 0 aliphatic carbocycles. The first-order valence-corrected chi connectivity index (χ1v) is 9.37. The van der Waals surface area contributed by atoms with Crippen LogP contribution in [0.4, 0.5) is 0 Å². The molecule has 1 aliphatic rings. The van der Waals surface area contributed by atoms with Gasteiger partial charge in [-0.1, -0.05) is 47.6 Å². The predicted octanol–water partition coefficient (Wildman–Crippen LogP) is 3.34. The fourth-order valence-electron chi connectivity index (χ4n) is 3.62. The summed E-state index contributed by atoms with van der Waals surface area (Å²) in [5.41, 5.74) is 2.28. The fraction of sp³-hybridized carbons (Fsp3) is 0.333. The van der Waals surface area contributed by atoms with E-state index in [-0.39, 0.29) is 24.0 Å². The van der Waals surface area contributed by atoms with Gasteiger partial charge in [-0.25, -0.2) is 0 Å². The van der Waals surface area contributed by atoms with Crippen molar-refractivity contribution in [2.75, 3.05) is 33.2 Å². The second kappa shape index (κ2) is 9.88. The third-order valence-corrected chi connectivity index (χ3v) is 5.08. The van der Waals surface area contributed by atoms with Gasteiger partial charge in [0.05, 0.1) is 5.69 Å². The quantitative estimate of drug-likeness (QED) is 0.345. The average Bonchev–Trinajstić information content (AvgIpc) is 3.23. The minimum Gasteiger partial charge on any atom is -0.364 e. The van der Waals surface area contributed by atoms with Crippen LogP contribution in [0, 0.1) is 0 Å². The smallest absolute Gasteiger partial charge is 0.194 e. The van der Waals surface area contributed by atoms with Crippen LogP contribution in [0.15, 0.2) is 64.3 Å². The number of guanidine groups is 1. The summed E-state index contributed by atoms with van der Waals surface area (Å²) in [6.45, 7) is 5.49. The standard InChI is InChI=1S/C21H25N5O.HI/c1-22-21(23-15-18-7-4-6-17-5-2-3-8-20(17)18)26-12-10-25(11-13-26)16-19-9-14-27-24-19;/h2-9,14H,10-13,15-16H2,1H3,(H,22,23);1H. The molecule has 4 rings (SSSR count). The van der Waals surface area contributed by atoms with Gasteiger partial charge in [-0.3, -0.25) is 9.89 Å². The number of benzene rings is 2. The van der Waals surface area contributed by atoms with Crippen LogP contribution in [0.25, 0.3) is 10.8 Å². The number of hydrogen-bond acceptors (Lipinski definition) is 4. The monoisotopic (exact) mass is 491 g/mol. The molecule has 0 bridgehead atoms. The predicted molar refractivity (Wildman–Crippen MR) is 123 cm³/mol. The van der Waals surface area contributed by atoms with E-state index in [9.17, 15) is 0 Å². The summed E-state index contributed by atoms with van der Waals surface area (Å²) in [7, 11) is 1.85. The number of aliphatic imine (C=N–C) groups is 1. The lowest BCUT2D eigenvalue weighted by Gasteiger charge is -2.36. The van der Waals surface area contributed by atoms with Gasteiger partial charge in [-0.15, -0.1) is 24.0 Å². The molecule has 0 amide bonds. The number of fused-ring (bicyclic) bond motifs is 1. The highest BCUT2D eigenvalue weighted by molar-refractivity contribution is 14.0. The molecule has 0 atom stereocenters. The molecular formula is C21H26IN5O. The van der Waals surface area contributed by atoms with Crippen LogP contribution in [0.5, 0.6) is 0 Å². The molecule has 1 aromatic heterocycles. The van der Waals surface area contributed by atoms with Crippen molar-refractivity contribution in [2.45, 2.75) is 13.1 Å². The Morgan fingerprint density at radius 3 is 2.61 bits per heavy atom. The Labute approximate surface area is 182 Å². The SMILES string of the molecule is CN=C(NCc1cccc2ccccc12)N1CCN(Cc2ccon2)CC1.I. The number of halogens is 1. The van der Waals surface area contributed by atoms with Crippen molar-refractivity contribution in [3.8, 4) is 0 Å². The summed E-state index contributed by atoms with van der Waals surface area (Å²) in [5.74, 6) is 0.962. The molecule has 3 aromatic rings. The highest BCUT2D eigenvalue weighted by Crippen LogP contribution is 2.18. The molecule has 7 heteroatoms. The molecule has 2 heterocycles. The van der Waals surface area contributed by atoms with Gasteiger partial charge in [-0.05, 0) is 16.3 Å². The van der Waals surface area contributed by atoms with E-state index < -0.39 is 0 Å². The fourth-order valence-corrected chi connectivity index (χ4v) is 3.62. The Kier molecular flexibility index (Phi) is 7.27. The van der Waals surface area contributed by atoms with Crippen molar-refractivity contribution < 1.29 is 4.52 Å². The molecule has 6 nitrogen and oxygen atoms in total. The van der Waals surface area contributed by atoms with Gasteiger partial charge in [-0.2, -0.15) is 0 Å². The molecule has 1 N–H and O–H groups in total. The first kappa shape index (κ1) is 20.6. The Hall–Kier alpha value is -2.13. The van der Waals surface area contributed by atoms with E-state index in [1.165, 1.54) is 16.3 Å². The number of nitrogens with one attached hydrogen (secondary N) is 1. The topological polar surface area (TPSA) is 56.9 Å². The Morgan fingerprint density at radius 2 is 1.86 bits per heavy atom. The zero-order chi connectivity index (χ0) is 18.5. The molecule has 28 heavy (non-hydrogen) atoms. The highest BCUT2D eigenvalue weighted by Gasteiger charge is 2.20. The van der Waals surface area contributed by atoms with Gasteiger partial charge in [0.1, 0.15) is 6.26 Å². The molecule has 2 aromatic carbocycles. The van der Waals surface area contributed by atoms with Crippen LogP contribution in [0.1, 0.15) is 11.3 Å². The second-order valence-electron chi connectivity index (χ2n) is 6.79. The minimum absolute atomic E-state index is 0. The van der Waals surface area contributed by atoms with Crippen LogP contribution < -0.4 is 5.32 Å². The third kappa shape index (κ3) is 4.82. The van der Waals surface area contributed by atoms with Gasteiger partial charge >= 0.3 is 0 Å². The number of nitrogens with zero attached hydrogens (tertiary/aromatic N) is 4. The number of piperazine rings is 1. The van der Waals surface area contributed by atoms with Crippen molar-refractivity contribution in [3.05, 3.63) is 66.1 Å². The van der Waals surface area contributed by atoms with Gasteiger partial charge in [0.15, 0.2) is 5.96 Å². The molecule has 0 unspecified atom stereocenters. The summed E-state index contributed by atoms with van der Waals surface area (Å²) < 4.78 is 4.92. The van der Waals surface area contributed by atoms with Gasteiger partial charge in [0, 0.05) is 52.4 Å². The molecule has 1 saturated heterocycles. The first-order chi connectivity index (χ1) is 13.3. The third-order valence-electron chi connectivity index (χ3n) is 5.08. The lowest BCUT2D eigenvalue weighted by Crippen LogP contribution is -2.52. The zero-order valence-corrected chi connectivity index (χ0v) is 18.4. The van der Waals surface area contributed by atoms with Crippen molar-refractivity contribution in [1.29, 1.82) is 0 Å². The van der Waals surface area contributed by atoms with Crippen molar-refractivity contribution in [1.82, 2.24) is 20.3 Å². The van der Waals surface area contributed by atoms with E-state index in [2.05, 4.69) is 67.7 Å². The van der Waals surface area contributed by atoms with Crippen LogP contribution in [0.2, 0.25) is 0 Å². The largest absolute Gasteiger partial charge is 0.364 e. The van der Waals surface area contributed by atoms with E-state index in [1.54, 1.807) is 6.26 Å². The molecule has 0 spiro atoms. The van der Waals surface area contributed by atoms with Gasteiger partial charge in [0.2, 0.25) is 0 Å². The van der Waals surface area contributed by atoms with Crippen LogP contribution >= 0.6 is 24.0 Å². The second-order valence-corrected chi connectivity index (χ2v) is 6.79. The van der Waals surface area contributed by atoms with E-state index in [1.807, 2.05) is 13.1 Å². The zero-order valence-electron chi connectivity index (χ0n) is 16.0. The van der Waals surface area contributed by atoms with Crippen molar-refractivity contribution in [2.24, 2.45) is 4.99 Å². The van der Waals surface area contributed by atoms with Crippen molar-refractivity contribution in [3.63, 3.8) is 0 Å². The molecule has 1 aliphatic heterocycles. The number of hydrogen-bond donors (Lipinski definition) is 1. The maximum Gasteiger partial charge on any atom is 0.194 e. The maximum atomic E-state index is 4.92. The Balaban J connectivity index is 0.00000225. The van der Waals surface area contributed by atoms with Crippen LogP contribution in [-0.4, -0.2) is 54.1 Å². The molecule has 0 saturated carbocycles. The highest BCUT2D eigenvalue weighted by atomic mass is 127. The molecule has 1 fully saturated rings. The minimum atomic E-state index is 0. The maximum absolute atomic E-state index is 4.92. The molecule has 148 valence electrons.